The van der Waals surface area contributed by atoms with Crippen molar-refractivity contribution in [2.24, 2.45) is 11.7 Å². The molecule has 68 valence electrons. The molecule has 2 aliphatic carbocycles. The highest BCUT2D eigenvalue weighted by Gasteiger charge is 2.32. The molecular formula is C9H16N2O. The molecule has 0 aromatic carbocycles. The minimum Gasteiger partial charge on any atom is -0.369 e. The van der Waals surface area contributed by atoms with Gasteiger partial charge in [-0.3, -0.25) is 4.79 Å². The molecule has 0 bridgehead atoms. The second kappa shape index (κ2) is 3.05. The second-order valence-corrected chi connectivity index (χ2v) is 4.05. The Morgan fingerprint density at radius 2 is 1.83 bits per heavy atom. The fraction of sp³-hybridized carbons (Fsp3) is 0.889. The van der Waals surface area contributed by atoms with Gasteiger partial charge in [0.1, 0.15) is 0 Å². The first kappa shape index (κ1) is 8.05. The molecule has 0 aromatic heterocycles. The second-order valence-electron chi connectivity index (χ2n) is 4.05. The third-order valence-electron chi connectivity index (χ3n) is 2.88. The van der Waals surface area contributed by atoms with E-state index in [0.29, 0.717) is 6.04 Å². The lowest BCUT2D eigenvalue weighted by molar-refractivity contribution is -0.121. The van der Waals surface area contributed by atoms with E-state index in [1.807, 2.05) is 0 Å². The summed E-state index contributed by atoms with van der Waals surface area (Å²) >= 11 is 0. The molecule has 0 spiro atoms. The lowest BCUT2D eigenvalue weighted by Gasteiger charge is -2.10. The summed E-state index contributed by atoms with van der Waals surface area (Å²) in [5, 5.41) is 3.53. The normalized spacial score (nSPS) is 35.3. The molecule has 1 amide bonds. The summed E-state index contributed by atoms with van der Waals surface area (Å²) in [4.78, 5) is 10.8. The van der Waals surface area contributed by atoms with Crippen LogP contribution in [0.25, 0.3) is 0 Å². The Hall–Kier alpha value is -0.570. The van der Waals surface area contributed by atoms with Crippen LogP contribution in [0.15, 0.2) is 0 Å². The van der Waals surface area contributed by atoms with Crippen LogP contribution in [0.5, 0.6) is 0 Å². The van der Waals surface area contributed by atoms with Crippen LogP contribution in [0.2, 0.25) is 0 Å². The molecule has 3 heteroatoms. The molecule has 0 heterocycles. The Morgan fingerprint density at radius 3 is 2.33 bits per heavy atom. The fourth-order valence-electron chi connectivity index (χ4n) is 1.97. The molecule has 2 saturated carbocycles. The third kappa shape index (κ3) is 1.78. The Labute approximate surface area is 72.7 Å². The maximum Gasteiger partial charge on any atom is 0.220 e. The number of primary amides is 1. The number of nitrogens with one attached hydrogen (secondary N) is 1. The van der Waals surface area contributed by atoms with E-state index in [1.165, 1.54) is 12.8 Å². The molecule has 3 N–H and O–H groups in total. The van der Waals surface area contributed by atoms with E-state index in [2.05, 4.69) is 5.32 Å². The fourth-order valence-corrected chi connectivity index (χ4v) is 1.97. The Bertz CT molecular complexity index is 189. The average Bonchev–Trinajstić information content (AvgIpc) is 2.66. The predicted octanol–water partition coefficient (Wildman–Crippen LogP) is 0.392. The minimum atomic E-state index is -0.116. The van der Waals surface area contributed by atoms with Crippen molar-refractivity contribution in [3.63, 3.8) is 0 Å². The van der Waals surface area contributed by atoms with Crippen LogP contribution >= 0.6 is 0 Å². The van der Waals surface area contributed by atoms with E-state index in [9.17, 15) is 4.79 Å². The highest BCUT2D eigenvalue weighted by atomic mass is 16.1. The van der Waals surface area contributed by atoms with Gasteiger partial charge in [-0.1, -0.05) is 0 Å². The van der Waals surface area contributed by atoms with Gasteiger partial charge >= 0.3 is 0 Å². The minimum absolute atomic E-state index is 0.116. The van der Waals surface area contributed by atoms with Gasteiger partial charge in [0, 0.05) is 18.0 Å². The number of rotatable bonds is 3. The van der Waals surface area contributed by atoms with E-state index < -0.39 is 0 Å². The SMILES string of the molecule is NC(=O)C1CCC(NC2CC2)C1. The number of carbonyl (C=O) groups excluding carboxylic acids is 1. The largest absolute Gasteiger partial charge is 0.369 e. The van der Waals surface area contributed by atoms with Crippen molar-refractivity contribution in [1.82, 2.24) is 5.32 Å². The summed E-state index contributed by atoms with van der Waals surface area (Å²) in [5.74, 6) is 0.0244. The Kier molecular flexibility index (Phi) is 2.05. The van der Waals surface area contributed by atoms with Crippen molar-refractivity contribution < 1.29 is 4.79 Å². The van der Waals surface area contributed by atoms with Crippen LogP contribution in [-0.4, -0.2) is 18.0 Å². The van der Waals surface area contributed by atoms with Crippen molar-refractivity contribution in [2.75, 3.05) is 0 Å². The van der Waals surface area contributed by atoms with Gasteiger partial charge in [0.15, 0.2) is 0 Å². The summed E-state index contributed by atoms with van der Waals surface area (Å²) in [5.41, 5.74) is 5.24. The highest BCUT2D eigenvalue weighted by Crippen LogP contribution is 2.28. The zero-order chi connectivity index (χ0) is 8.55. The highest BCUT2D eigenvalue weighted by molar-refractivity contribution is 5.76. The smallest absolute Gasteiger partial charge is 0.220 e. The van der Waals surface area contributed by atoms with Crippen LogP contribution in [0.4, 0.5) is 0 Å². The van der Waals surface area contributed by atoms with Gasteiger partial charge in [0.25, 0.3) is 0 Å². The van der Waals surface area contributed by atoms with Gasteiger partial charge < -0.3 is 11.1 Å². The molecule has 3 nitrogen and oxygen atoms in total. The third-order valence-corrected chi connectivity index (χ3v) is 2.88. The molecular weight excluding hydrogens is 152 g/mol. The first-order valence-corrected chi connectivity index (χ1v) is 4.81. The van der Waals surface area contributed by atoms with Gasteiger partial charge in [-0.25, -0.2) is 0 Å². The van der Waals surface area contributed by atoms with E-state index in [1.54, 1.807) is 0 Å². The maximum absolute atomic E-state index is 10.8. The van der Waals surface area contributed by atoms with Crippen molar-refractivity contribution >= 4 is 5.91 Å². The molecule has 2 atom stereocenters. The molecule has 0 aliphatic heterocycles. The zero-order valence-electron chi connectivity index (χ0n) is 7.25. The molecule has 2 unspecified atom stereocenters. The van der Waals surface area contributed by atoms with Crippen LogP contribution in [0.3, 0.4) is 0 Å². The number of nitrogens with two attached hydrogens (primary N) is 1. The van der Waals surface area contributed by atoms with E-state index in [4.69, 9.17) is 5.73 Å². The van der Waals surface area contributed by atoms with Gasteiger partial charge in [0.2, 0.25) is 5.91 Å². The molecule has 2 rings (SSSR count). The van der Waals surface area contributed by atoms with Crippen LogP contribution < -0.4 is 11.1 Å². The molecule has 2 aliphatic rings. The van der Waals surface area contributed by atoms with E-state index >= 15 is 0 Å². The van der Waals surface area contributed by atoms with Crippen molar-refractivity contribution in [1.29, 1.82) is 0 Å². The number of amides is 1. The van der Waals surface area contributed by atoms with Gasteiger partial charge in [-0.05, 0) is 32.1 Å². The van der Waals surface area contributed by atoms with Crippen LogP contribution in [0, 0.1) is 5.92 Å². The lowest BCUT2D eigenvalue weighted by atomic mass is 10.1. The molecule has 2 fully saturated rings. The van der Waals surface area contributed by atoms with Gasteiger partial charge in [-0.2, -0.15) is 0 Å². The Morgan fingerprint density at radius 1 is 1.17 bits per heavy atom. The number of carbonyl (C=O) groups is 1. The molecule has 0 saturated heterocycles. The number of hydrogen-bond donors (Lipinski definition) is 2. The van der Waals surface area contributed by atoms with Crippen molar-refractivity contribution in [3.8, 4) is 0 Å². The predicted molar refractivity (Wildman–Crippen MR) is 46.5 cm³/mol. The molecule has 12 heavy (non-hydrogen) atoms. The standard InChI is InChI=1S/C9H16N2O/c10-9(12)6-1-2-8(5-6)11-7-3-4-7/h6-8,11H,1-5H2,(H2,10,12). The first-order valence-electron chi connectivity index (χ1n) is 4.81. The zero-order valence-corrected chi connectivity index (χ0v) is 7.25. The molecule has 0 radical (unpaired) electrons. The summed E-state index contributed by atoms with van der Waals surface area (Å²) in [6.07, 6.45) is 5.71. The summed E-state index contributed by atoms with van der Waals surface area (Å²) in [6, 6.07) is 1.32. The monoisotopic (exact) mass is 168 g/mol. The number of hydrogen-bond acceptors (Lipinski definition) is 2. The molecule has 0 aromatic rings. The van der Waals surface area contributed by atoms with Gasteiger partial charge in [-0.15, -0.1) is 0 Å². The topological polar surface area (TPSA) is 55.1 Å². The van der Waals surface area contributed by atoms with Gasteiger partial charge in [0.05, 0.1) is 0 Å². The first-order chi connectivity index (χ1) is 5.75. The Balaban J connectivity index is 1.76. The maximum atomic E-state index is 10.8. The quantitative estimate of drug-likeness (QED) is 0.640. The summed E-state index contributed by atoms with van der Waals surface area (Å²) in [7, 11) is 0. The summed E-state index contributed by atoms with van der Waals surface area (Å²) in [6.45, 7) is 0. The van der Waals surface area contributed by atoms with Crippen LogP contribution in [0.1, 0.15) is 32.1 Å². The average molecular weight is 168 g/mol. The van der Waals surface area contributed by atoms with Crippen molar-refractivity contribution in [3.05, 3.63) is 0 Å². The van der Waals surface area contributed by atoms with E-state index in [-0.39, 0.29) is 11.8 Å². The van der Waals surface area contributed by atoms with Crippen LogP contribution in [-0.2, 0) is 4.79 Å². The summed E-state index contributed by atoms with van der Waals surface area (Å²) < 4.78 is 0. The lowest BCUT2D eigenvalue weighted by Crippen LogP contribution is -2.30. The van der Waals surface area contributed by atoms with Crippen molar-refractivity contribution in [2.45, 2.75) is 44.2 Å². The van der Waals surface area contributed by atoms with E-state index in [0.717, 1.165) is 25.3 Å².